The van der Waals surface area contributed by atoms with Gasteiger partial charge in [-0.3, -0.25) is 0 Å². The number of aliphatic imine (C=N–C) groups is 2. The number of benzene rings is 7. The zero-order chi connectivity index (χ0) is 37.3. The summed E-state index contributed by atoms with van der Waals surface area (Å²) in [5.74, 6) is 1.32. The molecule has 0 spiro atoms. The first-order valence-corrected chi connectivity index (χ1v) is 18.8. The van der Waals surface area contributed by atoms with E-state index in [1.165, 1.54) is 0 Å². The van der Waals surface area contributed by atoms with Crippen LogP contribution in [0.15, 0.2) is 189 Å². The molecule has 1 aliphatic heterocycles. The highest BCUT2D eigenvalue weighted by atomic mass is 16.3. The van der Waals surface area contributed by atoms with Crippen molar-refractivity contribution in [3.8, 4) is 5.69 Å². The van der Waals surface area contributed by atoms with Gasteiger partial charge in [0.15, 0.2) is 11.4 Å². The molecule has 0 aliphatic carbocycles. The van der Waals surface area contributed by atoms with Gasteiger partial charge in [0.05, 0.1) is 22.3 Å². The van der Waals surface area contributed by atoms with E-state index in [9.17, 15) is 0 Å². The minimum atomic E-state index is -0.392. The molecule has 1 N–H and O–H groups in total. The zero-order valence-corrected chi connectivity index (χ0v) is 30.5. The number of para-hydroxylation sites is 5. The summed E-state index contributed by atoms with van der Waals surface area (Å²) in [6.07, 6.45) is 3.56. The quantitative estimate of drug-likeness (QED) is 0.174. The first-order chi connectivity index (χ1) is 27.7. The maximum absolute atomic E-state index is 6.83. The summed E-state index contributed by atoms with van der Waals surface area (Å²) in [5.41, 5.74) is 11.2. The van der Waals surface area contributed by atoms with E-state index in [0.717, 1.165) is 105 Å². The lowest BCUT2D eigenvalue weighted by Crippen LogP contribution is -2.34. The fourth-order valence-corrected chi connectivity index (χ4v) is 8.44. The normalized spacial score (nSPS) is 14.9. The Bertz CT molecular complexity index is 3320. The van der Waals surface area contributed by atoms with Gasteiger partial charge in [0.25, 0.3) is 0 Å². The molecule has 266 valence electrons. The van der Waals surface area contributed by atoms with Crippen molar-refractivity contribution in [1.29, 1.82) is 0 Å². The smallest absolute Gasteiger partial charge is 0.163 e. The monoisotopic (exact) mass is 722 g/mol. The molecule has 7 aromatic carbocycles. The Morgan fingerprint density at radius 1 is 0.643 bits per heavy atom. The van der Waals surface area contributed by atoms with E-state index in [1.807, 2.05) is 49.4 Å². The van der Waals surface area contributed by atoms with Gasteiger partial charge >= 0.3 is 0 Å². The molecule has 0 bridgehead atoms. The van der Waals surface area contributed by atoms with Crippen LogP contribution in [0.2, 0.25) is 0 Å². The lowest BCUT2D eigenvalue weighted by Gasteiger charge is -2.24. The minimum absolute atomic E-state index is 0.392. The van der Waals surface area contributed by atoms with Gasteiger partial charge in [-0.2, -0.15) is 0 Å². The van der Waals surface area contributed by atoms with Crippen LogP contribution in [0.1, 0.15) is 35.3 Å². The second-order valence-electron chi connectivity index (χ2n) is 14.1. The predicted octanol–water partition coefficient (Wildman–Crippen LogP) is 12.7. The molecule has 1 atom stereocenters. The number of amidine groups is 2. The van der Waals surface area contributed by atoms with Crippen LogP contribution in [0.5, 0.6) is 0 Å². The van der Waals surface area contributed by atoms with E-state index in [-0.39, 0.29) is 0 Å². The molecule has 0 fully saturated rings. The molecule has 6 heteroatoms. The van der Waals surface area contributed by atoms with Crippen molar-refractivity contribution in [3.05, 3.63) is 193 Å². The number of nitrogens with zero attached hydrogens (tertiary/aromatic N) is 3. The number of nitrogens with one attached hydrogen (secondary N) is 1. The van der Waals surface area contributed by atoms with E-state index in [2.05, 4.69) is 138 Å². The van der Waals surface area contributed by atoms with Crippen LogP contribution in [0.25, 0.3) is 76.9 Å². The molecule has 56 heavy (non-hydrogen) atoms. The SMILES string of the molecule is C=C/C(=C\C)c1ccc2c(c1)oc1c(-n3c4ccccc4c4cccc(C5=NC(c6cccc7c6oc6ccccc67)=NC(c6ccccc6)N5)c43)cccc12. The number of hydrogen-bond acceptors (Lipinski definition) is 5. The summed E-state index contributed by atoms with van der Waals surface area (Å²) in [5, 5.41) is 10.2. The lowest BCUT2D eigenvalue weighted by molar-refractivity contribution is 0.663. The first-order valence-electron chi connectivity index (χ1n) is 18.8. The fraction of sp³-hybridized carbons (Fsp3) is 0.0400. The lowest BCUT2D eigenvalue weighted by atomic mass is 10.0. The third-order valence-corrected chi connectivity index (χ3v) is 11.0. The molecule has 1 unspecified atom stereocenters. The van der Waals surface area contributed by atoms with Gasteiger partial charge < -0.3 is 18.7 Å². The second kappa shape index (κ2) is 12.6. The summed E-state index contributed by atoms with van der Waals surface area (Å²) in [4.78, 5) is 10.6. The van der Waals surface area contributed by atoms with Crippen LogP contribution in [0.4, 0.5) is 0 Å². The molecule has 10 aromatic rings. The van der Waals surface area contributed by atoms with E-state index in [0.29, 0.717) is 5.84 Å². The van der Waals surface area contributed by atoms with Crippen LogP contribution in [-0.4, -0.2) is 16.2 Å². The van der Waals surface area contributed by atoms with Crippen LogP contribution in [0, 0.1) is 0 Å². The molecule has 0 amide bonds. The third kappa shape index (κ3) is 4.82. The van der Waals surface area contributed by atoms with Crippen molar-refractivity contribution in [3.63, 3.8) is 0 Å². The highest BCUT2D eigenvalue weighted by molar-refractivity contribution is 6.24. The van der Waals surface area contributed by atoms with Crippen LogP contribution in [0.3, 0.4) is 0 Å². The molecule has 0 radical (unpaired) electrons. The molecule has 11 rings (SSSR count). The van der Waals surface area contributed by atoms with Crippen molar-refractivity contribution in [1.82, 2.24) is 9.88 Å². The van der Waals surface area contributed by atoms with Crippen molar-refractivity contribution < 1.29 is 8.83 Å². The fourth-order valence-electron chi connectivity index (χ4n) is 8.44. The van der Waals surface area contributed by atoms with E-state index in [1.54, 1.807) is 0 Å². The Morgan fingerprint density at radius 3 is 2.16 bits per heavy atom. The van der Waals surface area contributed by atoms with Gasteiger partial charge in [-0.15, -0.1) is 0 Å². The highest BCUT2D eigenvalue weighted by Crippen LogP contribution is 2.40. The molecule has 0 saturated heterocycles. The Hall–Kier alpha value is -7.44. The topological polar surface area (TPSA) is 68.0 Å². The summed E-state index contributed by atoms with van der Waals surface area (Å²) in [7, 11) is 0. The standard InChI is InChI=1S/C50H34N4O2/c1-3-30(4-2)32-27-28-35-38-21-14-25-42(47(38)56-44(35)29-32)54-41-24-10-8-17-33(41)36-19-12-22-39(45(36)54)49-51-48(31-15-6-5-7-16-31)52-50(53-49)40-23-13-20-37-34-18-9-11-26-43(34)55-46(37)40/h3-29,48H,1H2,2H3,(H,51,52,53)/b30-4+. The molecule has 1 aliphatic rings. The van der Waals surface area contributed by atoms with Gasteiger partial charge in [0, 0.05) is 37.9 Å². The van der Waals surface area contributed by atoms with Gasteiger partial charge in [-0.25, -0.2) is 9.98 Å². The number of aromatic nitrogens is 1. The predicted molar refractivity (Wildman–Crippen MR) is 231 cm³/mol. The summed E-state index contributed by atoms with van der Waals surface area (Å²) < 4.78 is 15.7. The Balaban J connectivity index is 1.17. The highest BCUT2D eigenvalue weighted by Gasteiger charge is 2.27. The number of hydrogen-bond donors (Lipinski definition) is 1. The second-order valence-corrected chi connectivity index (χ2v) is 14.1. The molecule has 0 saturated carbocycles. The molecule has 6 nitrogen and oxygen atoms in total. The number of allylic oxidation sites excluding steroid dienone is 3. The van der Waals surface area contributed by atoms with Gasteiger partial charge in [-0.05, 0) is 66.1 Å². The van der Waals surface area contributed by atoms with Gasteiger partial charge in [-0.1, -0.05) is 128 Å². The van der Waals surface area contributed by atoms with E-state index >= 15 is 0 Å². The maximum Gasteiger partial charge on any atom is 0.163 e. The molecule has 3 aromatic heterocycles. The summed E-state index contributed by atoms with van der Waals surface area (Å²) in [6.45, 7) is 6.05. The first kappa shape index (κ1) is 32.0. The Kier molecular flexibility index (Phi) is 7.19. The van der Waals surface area contributed by atoms with Crippen molar-refractivity contribution in [2.75, 3.05) is 0 Å². The summed E-state index contributed by atoms with van der Waals surface area (Å²) >= 11 is 0. The van der Waals surface area contributed by atoms with E-state index < -0.39 is 6.17 Å². The Morgan fingerprint density at radius 2 is 1.32 bits per heavy atom. The molecular weight excluding hydrogens is 689 g/mol. The maximum atomic E-state index is 6.83. The molecular formula is C50H34N4O2. The number of furan rings is 2. The summed E-state index contributed by atoms with van der Waals surface area (Å²) in [6, 6.07) is 52.5. The van der Waals surface area contributed by atoms with Crippen molar-refractivity contribution >= 4 is 82.9 Å². The average Bonchev–Trinajstić information content (AvgIpc) is 3.94. The minimum Gasteiger partial charge on any atom is -0.455 e. The third-order valence-electron chi connectivity index (χ3n) is 11.0. The van der Waals surface area contributed by atoms with Crippen LogP contribution >= 0.6 is 0 Å². The van der Waals surface area contributed by atoms with Crippen LogP contribution < -0.4 is 5.32 Å². The van der Waals surface area contributed by atoms with Crippen molar-refractivity contribution in [2.24, 2.45) is 9.98 Å². The van der Waals surface area contributed by atoms with Gasteiger partial charge in [0.1, 0.15) is 28.8 Å². The average molecular weight is 723 g/mol. The van der Waals surface area contributed by atoms with E-state index in [4.69, 9.17) is 18.8 Å². The van der Waals surface area contributed by atoms with Gasteiger partial charge in [0.2, 0.25) is 0 Å². The number of rotatable bonds is 6. The zero-order valence-electron chi connectivity index (χ0n) is 30.5. The largest absolute Gasteiger partial charge is 0.455 e. The van der Waals surface area contributed by atoms with Crippen LogP contribution in [-0.2, 0) is 0 Å². The van der Waals surface area contributed by atoms with Crippen molar-refractivity contribution in [2.45, 2.75) is 13.1 Å². The Labute approximate surface area is 322 Å². The molecule has 4 heterocycles. The number of fused-ring (bicyclic) bond motifs is 9.